The molecule has 1 unspecified atom stereocenters. The molecule has 1 aromatic carbocycles. The molecule has 0 bridgehead atoms. The van der Waals surface area contributed by atoms with Gasteiger partial charge in [0.15, 0.2) is 15.5 Å². The largest absolute Gasteiger partial charge is 0.328 e. The van der Waals surface area contributed by atoms with Gasteiger partial charge in [0, 0.05) is 30.2 Å². The average Bonchev–Trinajstić information content (AvgIpc) is 3.27. The predicted molar refractivity (Wildman–Crippen MR) is 96.4 cm³/mol. The summed E-state index contributed by atoms with van der Waals surface area (Å²) in [6.07, 6.45) is 3.44. The molecule has 1 fully saturated rings. The molecule has 1 saturated heterocycles. The van der Waals surface area contributed by atoms with Crippen LogP contribution in [0.15, 0.2) is 36.7 Å². The van der Waals surface area contributed by atoms with Crippen molar-refractivity contribution in [1.82, 2.24) is 24.9 Å². The van der Waals surface area contributed by atoms with E-state index in [9.17, 15) is 13.2 Å². The van der Waals surface area contributed by atoms with Gasteiger partial charge in [-0.3, -0.25) is 14.6 Å². The van der Waals surface area contributed by atoms with Gasteiger partial charge in [0.2, 0.25) is 0 Å². The molecule has 0 saturated carbocycles. The molecule has 1 aliphatic heterocycles. The molecule has 1 atom stereocenters. The molecule has 0 aliphatic carbocycles. The highest BCUT2D eigenvalue weighted by Gasteiger charge is 2.37. The maximum atomic E-state index is 13.2. The molecular weight excluding hydrogens is 354 g/mol. The van der Waals surface area contributed by atoms with Crippen LogP contribution in [0.5, 0.6) is 0 Å². The van der Waals surface area contributed by atoms with Crippen molar-refractivity contribution >= 4 is 26.6 Å². The van der Waals surface area contributed by atoms with Crippen LogP contribution in [0.2, 0.25) is 0 Å². The van der Waals surface area contributed by atoms with Gasteiger partial charge in [-0.25, -0.2) is 8.42 Å². The Labute approximate surface area is 150 Å². The second-order valence-electron chi connectivity index (χ2n) is 6.38. The molecular formula is C17H19N5O3S. The van der Waals surface area contributed by atoms with E-state index in [1.807, 2.05) is 31.2 Å². The second-order valence-corrected chi connectivity index (χ2v) is 8.60. The molecule has 3 heterocycles. The van der Waals surface area contributed by atoms with Crippen LogP contribution in [-0.4, -0.2) is 57.3 Å². The molecule has 9 heteroatoms. The fraction of sp³-hybridized carbons (Fsp3) is 0.353. The molecule has 1 N–H and O–H groups in total. The number of sulfone groups is 1. The summed E-state index contributed by atoms with van der Waals surface area (Å²) in [5, 5.41) is 12.0. The van der Waals surface area contributed by atoms with Crippen molar-refractivity contribution in [1.29, 1.82) is 0 Å². The van der Waals surface area contributed by atoms with Crippen LogP contribution in [0.4, 0.5) is 0 Å². The number of carbonyl (C=O) groups excluding carboxylic acids is 1. The number of aryl methyl sites for hydroxylation is 1. The molecule has 8 nitrogen and oxygen atoms in total. The number of nitrogens with one attached hydrogen (secondary N) is 1. The number of hydrogen-bond donors (Lipinski definition) is 1. The van der Waals surface area contributed by atoms with E-state index < -0.39 is 15.9 Å². The summed E-state index contributed by atoms with van der Waals surface area (Å²) >= 11 is 0. The van der Waals surface area contributed by atoms with E-state index in [0.29, 0.717) is 12.2 Å². The summed E-state index contributed by atoms with van der Waals surface area (Å²) in [6, 6.07) is 6.83. The highest BCUT2D eigenvalue weighted by atomic mass is 32.2. The van der Waals surface area contributed by atoms with Crippen molar-refractivity contribution in [2.45, 2.75) is 19.5 Å². The Hall–Kier alpha value is -2.68. The molecule has 1 amide bonds. The maximum absolute atomic E-state index is 13.2. The molecule has 0 spiro atoms. The lowest BCUT2D eigenvalue weighted by atomic mass is 10.1. The van der Waals surface area contributed by atoms with Gasteiger partial charge in [0.25, 0.3) is 5.91 Å². The minimum atomic E-state index is -3.21. The van der Waals surface area contributed by atoms with E-state index in [2.05, 4.69) is 15.3 Å². The number of carbonyl (C=O) groups is 1. The third-order valence-electron chi connectivity index (χ3n) is 4.73. The minimum absolute atomic E-state index is 0.0422. The van der Waals surface area contributed by atoms with Crippen LogP contribution in [0.1, 0.15) is 29.0 Å². The molecule has 2 aromatic heterocycles. The fourth-order valence-corrected chi connectivity index (χ4v) is 4.81. The number of aromatic amines is 1. The van der Waals surface area contributed by atoms with E-state index >= 15 is 0 Å². The van der Waals surface area contributed by atoms with E-state index in [1.54, 1.807) is 22.0 Å². The van der Waals surface area contributed by atoms with Gasteiger partial charge in [-0.15, -0.1) is 0 Å². The first-order valence-corrected chi connectivity index (χ1v) is 10.3. The van der Waals surface area contributed by atoms with Crippen molar-refractivity contribution in [3.63, 3.8) is 0 Å². The van der Waals surface area contributed by atoms with Gasteiger partial charge in [0.1, 0.15) is 0 Å². The van der Waals surface area contributed by atoms with Crippen molar-refractivity contribution in [2.75, 3.05) is 18.1 Å². The van der Waals surface area contributed by atoms with Gasteiger partial charge < -0.3 is 4.90 Å². The predicted octanol–water partition coefficient (Wildman–Crippen LogP) is 1.39. The Morgan fingerprint density at radius 1 is 1.35 bits per heavy atom. The standard InChI is InChI=1S/C17H19N5O3S/c1-2-21-10-12(9-18-21)15-11-26(24,25)8-7-22(15)17(23)16-13-5-3-4-6-14(13)19-20-16/h3-6,9-10,15H,2,7-8,11H2,1H3,(H,19,20). The smallest absolute Gasteiger partial charge is 0.275 e. The van der Waals surface area contributed by atoms with Crippen LogP contribution < -0.4 is 0 Å². The SMILES string of the molecule is CCn1cc(C2CS(=O)(=O)CCN2C(=O)c2n[nH]c3ccccc23)cn1. The Bertz CT molecular complexity index is 1070. The van der Waals surface area contributed by atoms with Crippen LogP contribution in [-0.2, 0) is 16.4 Å². The monoisotopic (exact) mass is 373 g/mol. The lowest BCUT2D eigenvalue weighted by molar-refractivity contribution is 0.0693. The lowest BCUT2D eigenvalue weighted by Crippen LogP contribution is -2.46. The number of rotatable bonds is 3. The molecule has 1 aliphatic rings. The van der Waals surface area contributed by atoms with E-state index in [0.717, 1.165) is 16.5 Å². The molecule has 4 rings (SSSR count). The fourth-order valence-electron chi connectivity index (χ4n) is 3.31. The topological polar surface area (TPSA) is 101 Å². The minimum Gasteiger partial charge on any atom is -0.328 e. The Kier molecular flexibility index (Phi) is 4.03. The zero-order chi connectivity index (χ0) is 18.3. The highest BCUT2D eigenvalue weighted by molar-refractivity contribution is 7.91. The van der Waals surface area contributed by atoms with Crippen LogP contribution in [0, 0.1) is 0 Å². The normalized spacial score (nSPS) is 19.7. The Morgan fingerprint density at radius 3 is 2.92 bits per heavy atom. The van der Waals surface area contributed by atoms with Crippen molar-refractivity contribution < 1.29 is 13.2 Å². The van der Waals surface area contributed by atoms with Crippen LogP contribution in [0.25, 0.3) is 10.9 Å². The first-order chi connectivity index (χ1) is 12.5. The first kappa shape index (κ1) is 16.8. The summed E-state index contributed by atoms with van der Waals surface area (Å²) in [6.45, 7) is 2.77. The van der Waals surface area contributed by atoms with E-state index in [1.165, 1.54) is 0 Å². The van der Waals surface area contributed by atoms with Crippen molar-refractivity contribution in [2.24, 2.45) is 0 Å². The Morgan fingerprint density at radius 2 is 2.15 bits per heavy atom. The number of nitrogens with zero attached hydrogens (tertiary/aromatic N) is 4. The summed E-state index contributed by atoms with van der Waals surface area (Å²) < 4.78 is 26.1. The zero-order valence-electron chi connectivity index (χ0n) is 14.3. The van der Waals surface area contributed by atoms with E-state index in [4.69, 9.17) is 0 Å². The van der Waals surface area contributed by atoms with Crippen molar-refractivity contribution in [3.8, 4) is 0 Å². The Balaban J connectivity index is 1.73. The quantitative estimate of drug-likeness (QED) is 0.748. The molecule has 0 radical (unpaired) electrons. The summed E-state index contributed by atoms with van der Waals surface area (Å²) in [4.78, 5) is 14.8. The van der Waals surface area contributed by atoms with Crippen LogP contribution >= 0.6 is 0 Å². The van der Waals surface area contributed by atoms with Gasteiger partial charge in [-0.2, -0.15) is 10.2 Å². The number of fused-ring (bicyclic) bond motifs is 1. The van der Waals surface area contributed by atoms with E-state index in [-0.39, 0.29) is 24.0 Å². The number of para-hydroxylation sites is 1. The number of aromatic nitrogens is 4. The summed E-state index contributed by atoms with van der Waals surface area (Å²) in [5.74, 6) is -0.415. The average molecular weight is 373 g/mol. The lowest BCUT2D eigenvalue weighted by Gasteiger charge is -2.34. The molecule has 26 heavy (non-hydrogen) atoms. The van der Waals surface area contributed by atoms with Crippen LogP contribution in [0.3, 0.4) is 0 Å². The zero-order valence-corrected chi connectivity index (χ0v) is 15.1. The van der Waals surface area contributed by atoms with Crippen molar-refractivity contribution in [3.05, 3.63) is 47.9 Å². The third kappa shape index (κ3) is 2.88. The van der Waals surface area contributed by atoms with Gasteiger partial charge in [-0.1, -0.05) is 18.2 Å². The second kappa shape index (κ2) is 6.24. The molecule has 136 valence electrons. The highest BCUT2D eigenvalue weighted by Crippen LogP contribution is 2.29. The summed E-state index contributed by atoms with van der Waals surface area (Å²) in [7, 11) is -3.21. The number of hydrogen-bond acceptors (Lipinski definition) is 5. The van der Waals surface area contributed by atoms with Gasteiger partial charge in [-0.05, 0) is 13.0 Å². The maximum Gasteiger partial charge on any atom is 0.275 e. The van der Waals surface area contributed by atoms with Gasteiger partial charge >= 0.3 is 0 Å². The molecule has 3 aromatic rings. The number of H-pyrrole nitrogens is 1. The number of amides is 1. The first-order valence-electron chi connectivity index (χ1n) is 8.45. The summed E-state index contributed by atoms with van der Waals surface area (Å²) in [5.41, 5.74) is 1.81. The van der Waals surface area contributed by atoms with Gasteiger partial charge in [0.05, 0.1) is 29.3 Å². The third-order valence-corrected chi connectivity index (χ3v) is 6.36. The number of benzene rings is 1.